The standard InChI is InChI=1S/C10H10BrN3O/c1-14(2)6-3-4-7-8(5-6)9(11)12-13-10(7)15/h3-5H,1-2H3,(H,13,15). The first-order valence-corrected chi connectivity index (χ1v) is 5.24. The Hall–Kier alpha value is -1.36. The molecular formula is C10H10BrN3O. The summed E-state index contributed by atoms with van der Waals surface area (Å²) in [6.45, 7) is 0. The number of aromatic nitrogens is 2. The van der Waals surface area contributed by atoms with Crippen LogP contribution in [0.3, 0.4) is 0 Å². The smallest absolute Gasteiger partial charge is 0.272 e. The summed E-state index contributed by atoms with van der Waals surface area (Å²) >= 11 is 3.31. The van der Waals surface area contributed by atoms with Crippen LogP contribution >= 0.6 is 15.9 Å². The fraction of sp³-hybridized carbons (Fsp3) is 0.200. The predicted octanol–water partition coefficient (Wildman–Crippen LogP) is 1.75. The van der Waals surface area contributed by atoms with E-state index in [1.807, 2.05) is 31.1 Å². The van der Waals surface area contributed by atoms with Gasteiger partial charge in [-0.15, -0.1) is 0 Å². The minimum atomic E-state index is -0.168. The molecule has 0 aliphatic carbocycles. The summed E-state index contributed by atoms with van der Waals surface area (Å²) in [5.41, 5.74) is 0.870. The van der Waals surface area contributed by atoms with Crippen LogP contribution in [0, 0.1) is 0 Å². The molecule has 0 bridgehead atoms. The zero-order valence-electron chi connectivity index (χ0n) is 8.41. The summed E-state index contributed by atoms with van der Waals surface area (Å²) < 4.78 is 0.654. The number of H-pyrrole nitrogens is 1. The number of rotatable bonds is 1. The van der Waals surface area contributed by atoms with Crippen molar-refractivity contribution in [2.75, 3.05) is 19.0 Å². The topological polar surface area (TPSA) is 49.0 Å². The summed E-state index contributed by atoms with van der Waals surface area (Å²) in [6, 6.07) is 5.64. The molecule has 0 unspecified atom stereocenters. The van der Waals surface area contributed by atoms with Gasteiger partial charge in [0, 0.05) is 25.2 Å². The van der Waals surface area contributed by atoms with Crippen LogP contribution < -0.4 is 10.5 Å². The molecule has 2 aromatic rings. The average Bonchev–Trinajstić information content (AvgIpc) is 2.23. The van der Waals surface area contributed by atoms with E-state index in [0.717, 1.165) is 11.1 Å². The molecule has 0 aliphatic rings. The van der Waals surface area contributed by atoms with Gasteiger partial charge in [0.05, 0.1) is 5.39 Å². The predicted molar refractivity (Wildman–Crippen MR) is 64.4 cm³/mol. The molecule has 0 radical (unpaired) electrons. The van der Waals surface area contributed by atoms with E-state index in [9.17, 15) is 4.79 Å². The molecule has 78 valence electrons. The molecule has 0 saturated carbocycles. The van der Waals surface area contributed by atoms with Crippen LogP contribution in [0.15, 0.2) is 27.6 Å². The van der Waals surface area contributed by atoms with Gasteiger partial charge in [-0.25, -0.2) is 5.10 Å². The summed E-state index contributed by atoms with van der Waals surface area (Å²) in [7, 11) is 3.91. The number of aromatic amines is 1. The van der Waals surface area contributed by atoms with Gasteiger partial charge in [-0.2, -0.15) is 5.10 Å². The number of halogens is 1. The molecule has 1 aromatic carbocycles. The first-order valence-electron chi connectivity index (χ1n) is 4.45. The minimum absolute atomic E-state index is 0.168. The zero-order valence-corrected chi connectivity index (χ0v) is 10.00. The molecule has 4 nitrogen and oxygen atoms in total. The molecule has 0 atom stereocenters. The van der Waals surface area contributed by atoms with Crippen LogP contribution in [0.4, 0.5) is 5.69 Å². The third kappa shape index (κ3) is 1.74. The normalized spacial score (nSPS) is 10.6. The monoisotopic (exact) mass is 267 g/mol. The molecule has 15 heavy (non-hydrogen) atoms. The number of fused-ring (bicyclic) bond motifs is 1. The van der Waals surface area contributed by atoms with Gasteiger partial charge in [0.25, 0.3) is 5.56 Å². The average molecular weight is 268 g/mol. The summed E-state index contributed by atoms with van der Waals surface area (Å²) in [6.07, 6.45) is 0. The van der Waals surface area contributed by atoms with Gasteiger partial charge in [-0.05, 0) is 34.1 Å². The van der Waals surface area contributed by atoms with Gasteiger partial charge < -0.3 is 4.90 Å². The molecule has 0 amide bonds. The van der Waals surface area contributed by atoms with Crippen molar-refractivity contribution in [3.63, 3.8) is 0 Å². The maximum absolute atomic E-state index is 11.5. The Bertz CT molecular complexity index is 562. The second-order valence-electron chi connectivity index (χ2n) is 3.47. The highest BCUT2D eigenvalue weighted by Crippen LogP contribution is 2.23. The molecule has 2 rings (SSSR count). The summed E-state index contributed by atoms with van der Waals surface area (Å²) in [5.74, 6) is 0. The maximum Gasteiger partial charge on any atom is 0.272 e. The highest BCUT2D eigenvalue weighted by atomic mass is 79.9. The lowest BCUT2D eigenvalue weighted by molar-refractivity contribution is 0.989. The lowest BCUT2D eigenvalue weighted by atomic mass is 10.2. The Morgan fingerprint density at radius 3 is 2.73 bits per heavy atom. The van der Waals surface area contributed by atoms with Crippen LogP contribution in [0.1, 0.15) is 0 Å². The van der Waals surface area contributed by atoms with Crippen molar-refractivity contribution in [2.45, 2.75) is 0 Å². The van der Waals surface area contributed by atoms with Crippen molar-refractivity contribution in [3.8, 4) is 0 Å². The van der Waals surface area contributed by atoms with E-state index in [0.29, 0.717) is 9.99 Å². The van der Waals surface area contributed by atoms with Crippen molar-refractivity contribution < 1.29 is 0 Å². The fourth-order valence-electron chi connectivity index (χ4n) is 1.40. The molecule has 0 saturated heterocycles. The Labute approximate surface area is 95.0 Å². The van der Waals surface area contributed by atoms with Gasteiger partial charge in [-0.3, -0.25) is 4.79 Å². The van der Waals surface area contributed by atoms with Crippen LogP contribution in [0.5, 0.6) is 0 Å². The Balaban J connectivity index is 2.81. The van der Waals surface area contributed by atoms with Crippen LogP contribution in [-0.4, -0.2) is 24.3 Å². The fourth-order valence-corrected chi connectivity index (χ4v) is 1.82. The van der Waals surface area contributed by atoms with E-state index in [2.05, 4.69) is 26.1 Å². The molecule has 1 heterocycles. The van der Waals surface area contributed by atoms with E-state index in [-0.39, 0.29) is 5.56 Å². The third-order valence-corrected chi connectivity index (χ3v) is 2.85. The zero-order chi connectivity index (χ0) is 11.0. The Morgan fingerprint density at radius 2 is 2.07 bits per heavy atom. The van der Waals surface area contributed by atoms with Crippen LogP contribution in [-0.2, 0) is 0 Å². The molecule has 0 fully saturated rings. The maximum atomic E-state index is 11.5. The van der Waals surface area contributed by atoms with Crippen molar-refractivity contribution in [3.05, 3.63) is 33.2 Å². The minimum Gasteiger partial charge on any atom is -0.378 e. The number of hydrogen-bond acceptors (Lipinski definition) is 3. The quantitative estimate of drug-likeness (QED) is 0.857. The van der Waals surface area contributed by atoms with Crippen LogP contribution in [0.2, 0.25) is 0 Å². The van der Waals surface area contributed by atoms with E-state index in [4.69, 9.17) is 0 Å². The highest BCUT2D eigenvalue weighted by molar-refractivity contribution is 9.10. The molecule has 1 N–H and O–H groups in total. The molecule has 1 aromatic heterocycles. The van der Waals surface area contributed by atoms with Crippen molar-refractivity contribution in [1.29, 1.82) is 0 Å². The lowest BCUT2D eigenvalue weighted by Crippen LogP contribution is -2.11. The third-order valence-electron chi connectivity index (χ3n) is 2.24. The Kier molecular flexibility index (Phi) is 2.48. The molecule has 0 spiro atoms. The van der Waals surface area contributed by atoms with E-state index in [1.54, 1.807) is 6.07 Å². The molecule has 5 heteroatoms. The molecular weight excluding hydrogens is 258 g/mol. The van der Waals surface area contributed by atoms with Crippen molar-refractivity contribution in [2.24, 2.45) is 0 Å². The number of nitrogens with zero attached hydrogens (tertiary/aromatic N) is 2. The van der Waals surface area contributed by atoms with Gasteiger partial charge in [0.15, 0.2) is 0 Å². The van der Waals surface area contributed by atoms with Gasteiger partial charge in [0.1, 0.15) is 4.60 Å². The highest BCUT2D eigenvalue weighted by Gasteiger charge is 2.05. The number of benzene rings is 1. The van der Waals surface area contributed by atoms with Crippen LogP contribution in [0.25, 0.3) is 10.8 Å². The lowest BCUT2D eigenvalue weighted by Gasteiger charge is -2.12. The van der Waals surface area contributed by atoms with E-state index >= 15 is 0 Å². The second kappa shape index (κ2) is 3.66. The Morgan fingerprint density at radius 1 is 1.33 bits per heavy atom. The van der Waals surface area contributed by atoms with Crippen molar-refractivity contribution in [1.82, 2.24) is 10.2 Å². The number of hydrogen-bond donors (Lipinski definition) is 1. The largest absolute Gasteiger partial charge is 0.378 e. The first kappa shape index (κ1) is 10.2. The van der Waals surface area contributed by atoms with Gasteiger partial charge in [-0.1, -0.05) is 0 Å². The van der Waals surface area contributed by atoms with E-state index in [1.165, 1.54) is 0 Å². The van der Waals surface area contributed by atoms with Gasteiger partial charge in [0.2, 0.25) is 0 Å². The van der Waals surface area contributed by atoms with Gasteiger partial charge >= 0.3 is 0 Å². The second-order valence-corrected chi connectivity index (χ2v) is 4.22. The van der Waals surface area contributed by atoms with Crippen molar-refractivity contribution >= 4 is 32.4 Å². The number of nitrogens with one attached hydrogen (secondary N) is 1. The number of anilines is 1. The molecule has 0 aliphatic heterocycles. The summed E-state index contributed by atoms with van der Waals surface area (Å²) in [4.78, 5) is 13.4. The first-order chi connectivity index (χ1) is 7.09. The summed E-state index contributed by atoms with van der Waals surface area (Å²) in [5, 5.41) is 7.76. The SMILES string of the molecule is CN(C)c1ccc2c(=O)[nH]nc(Br)c2c1. The van der Waals surface area contributed by atoms with E-state index < -0.39 is 0 Å².